The van der Waals surface area contributed by atoms with Crippen molar-refractivity contribution in [1.82, 2.24) is 10.2 Å². The first kappa shape index (κ1) is 13.0. The van der Waals surface area contributed by atoms with Gasteiger partial charge in [-0.25, -0.2) is 8.78 Å². The summed E-state index contributed by atoms with van der Waals surface area (Å²) in [4.78, 5) is 13.7. The fraction of sp³-hybridized carbons (Fsp3) is 0.462. The highest BCUT2D eigenvalue weighted by Gasteiger charge is 2.23. The Labute approximate surface area is 105 Å². The van der Waals surface area contributed by atoms with Crippen molar-refractivity contribution in [3.63, 3.8) is 0 Å². The van der Waals surface area contributed by atoms with E-state index in [0.717, 1.165) is 25.1 Å². The third-order valence-corrected chi connectivity index (χ3v) is 3.09. The Morgan fingerprint density at radius 3 is 2.89 bits per heavy atom. The number of nitrogens with zero attached hydrogens (tertiary/aromatic N) is 1. The molecule has 1 N–H and O–H groups in total. The summed E-state index contributed by atoms with van der Waals surface area (Å²) in [5.41, 5.74) is 0.608. The molecule has 1 amide bonds. The first-order chi connectivity index (χ1) is 8.58. The van der Waals surface area contributed by atoms with Gasteiger partial charge in [0.15, 0.2) is 11.6 Å². The van der Waals surface area contributed by atoms with Crippen LogP contribution in [-0.2, 0) is 11.3 Å². The topological polar surface area (TPSA) is 32.3 Å². The molecule has 0 radical (unpaired) electrons. The number of carbonyl (C=O) groups excluding carboxylic acids is 1. The molecule has 3 nitrogen and oxygen atoms in total. The van der Waals surface area contributed by atoms with Crippen LogP contribution in [0.3, 0.4) is 0 Å². The molecule has 2 rings (SSSR count). The zero-order valence-corrected chi connectivity index (χ0v) is 10.2. The lowest BCUT2D eigenvalue weighted by molar-refractivity contribution is -0.132. The first-order valence-electron chi connectivity index (χ1n) is 6.04. The SMILES string of the molecule is CC1NCCCN(Cc2ccc(F)c(F)c2)C1=O. The number of rotatable bonds is 2. The normalized spacial score (nSPS) is 20.9. The predicted octanol–water partition coefficient (Wildman–Crippen LogP) is 1.68. The molecule has 5 heteroatoms. The fourth-order valence-electron chi connectivity index (χ4n) is 2.08. The molecule has 1 aliphatic heterocycles. The van der Waals surface area contributed by atoms with Crippen molar-refractivity contribution in [3.8, 4) is 0 Å². The number of amides is 1. The Morgan fingerprint density at radius 2 is 2.17 bits per heavy atom. The van der Waals surface area contributed by atoms with Gasteiger partial charge < -0.3 is 10.2 Å². The minimum absolute atomic E-state index is 0.00256. The quantitative estimate of drug-likeness (QED) is 0.870. The van der Waals surface area contributed by atoms with Gasteiger partial charge in [-0.05, 0) is 37.6 Å². The van der Waals surface area contributed by atoms with Crippen LogP contribution in [0.25, 0.3) is 0 Å². The van der Waals surface area contributed by atoms with E-state index < -0.39 is 11.6 Å². The highest BCUT2D eigenvalue weighted by molar-refractivity contribution is 5.81. The van der Waals surface area contributed by atoms with Crippen LogP contribution in [0.2, 0.25) is 0 Å². The maximum atomic E-state index is 13.1. The summed E-state index contributed by atoms with van der Waals surface area (Å²) in [7, 11) is 0. The molecule has 0 aromatic heterocycles. The van der Waals surface area contributed by atoms with E-state index in [2.05, 4.69) is 5.32 Å². The highest BCUT2D eigenvalue weighted by Crippen LogP contribution is 2.13. The van der Waals surface area contributed by atoms with Gasteiger partial charge in [-0.3, -0.25) is 4.79 Å². The van der Waals surface area contributed by atoms with E-state index in [1.54, 1.807) is 4.90 Å². The maximum Gasteiger partial charge on any atom is 0.239 e. The summed E-state index contributed by atoms with van der Waals surface area (Å²) >= 11 is 0. The molecule has 1 aromatic carbocycles. The molecule has 1 unspecified atom stereocenters. The van der Waals surface area contributed by atoms with Crippen LogP contribution in [-0.4, -0.2) is 29.9 Å². The fourth-order valence-corrected chi connectivity index (χ4v) is 2.08. The predicted molar refractivity (Wildman–Crippen MR) is 63.9 cm³/mol. The van der Waals surface area contributed by atoms with Gasteiger partial charge in [0, 0.05) is 13.1 Å². The summed E-state index contributed by atoms with van der Waals surface area (Å²) in [6.07, 6.45) is 0.861. The van der Waals surface area contributed by atoms with Crippen molar-refractivity contribution in [3.05, 3.63) is 35.4 Å². The number of halogens is 2. The second-order valence-corrected chi connectivity index (χ2v) is 4.54. The second-order valence-electron chi connectivity index (χ2n) is 4.54. The van der Waals surface area contributed by atoms with Crippen LogP contribution in [0.1, 0.15) is 18.9 Å². The van der Waals surface area contributed by atoms with E-state index in [1.807, 2.05) is 6.92 Å². The average Bonchev–Trinajstić information content (AvgIpc) is 2.49. The van der Waals surface area contributed by atoms with Gasteiger partial charge in [0.25, 0.3) is 0 Å². The summed E-state index contributed by atoms with van der Waals surface area (Å²) in [5.74, 6) is -1.74. The highest BCUT2D eigenvalue weighted by atomic mass is 19.2. The van der Waals surface area contributed by atoms with Crippen LogP contribution in [0.5, 0.6) is 0 Å². The van der Waals surface area contributed by atoms with Gasteiger partial charge in [0.05, 0.1) is 6.04 Å². The van der Waals surface area contributed by atoms with Crippen molar-refractivity contribution in [1.29, 1.82) is 0 Å². The van der Waals surface area contributed by atoms with Crippen molar-refractivity contribution in [2.24, 2.45) is 0 Å². The van der Waals surface area contributed by atoms with Crippen molar-refractivity contribution >= 4 is 5.91 Å². The van der Waals surface area contributed by atoms with Crippen LogP contribution >= 0.6 is 0 Å². The molecule has 1 fully saturated rings. The molecule has 1 aliphatic rings. The number of carbonyl (C=O) groups is 1. The average molecular weight is 254 g/mol. The number of nitrogens with one attached hydrogen (secondary N) is 1. The minimum Gasteiger partial charge on any atom is -0.337 e. The molecular formula is C13H16F2N2O. The van der Waals surface area contributed by atoms with E-state index in [9.17, 15) is 13.6 Å². The molecule has 0 bridgehead atoms. The second kappa shape index (κ2) is 5.44. The number of hydrogen-bond acceptors (Lipinski definition) is 2. The number of hydrogen-bond donors (Lipinski definition) is 1. The number of benzene rings is 1. The smallest absolute Gasteiger partial charge is 0.239 e. The van der Waals surface area contributed by atoms with E-state index in [0.29, 0.717) is 18.7 Å². The van der Waals surface area contributed by atoms with Gasteiger partial charge >= 0.3 is 0 Å². The van der Waals surface area contributed by atoms with Gasteiger partial charge in [-0.2, -0.15) is 0 Å². The van der Waals surface area contributed by atoms with Crippen LogP contribution < -0.4 is 5.32 Å². The van der Waals surface area contributed by atoms with Gasteiger partial charge in [0.1, 0.15) is 0 Å². The Balaban J connectivity index is 2.11. The lowest BCUT2D eigenvalue weighted by Gasteiger charge is -2.22. The van der Waals surface area contributed by atoms with E-state index in [-0.39, 0.29) is 11.9 Å². The summed E-state index contributed by atoms with van der Waals surface area (Å²) in [6.45, 7) is 3.56. The minimum atomic E-state index is -0.874. The van der Waals surface area contributed by atoms with Crippen molar-refractivity contribution < 1.29 is 13.6 Å². The molecule has 1 heterocycles. The third-order valence-electron chi connectivity index (χ3n) is 3.09. The summed E-state index contributed by atoms with van der Waals surface area (Å²) in [5, 5.41) is 3.11. The summed E-state index contributed by atoms with van der Waals surface area (Å²) in [6, 6.07) is 3.52. The zero-order valence-electron chi connectivity index (χ0n) is 10.2. The Hall–Kier alpha value is -1.49. The van der Waals surface area contributed by atoms with Crippen molar-refractivity contribution in [2.45, 2.75) is 25.9 Å². The van der Waals surface area contributed by atoms with Gasteiger partial charge in [0.2, 0.25) is 5.91 Å². The van der Waals surface area contributed by atoms with E-state index >= 15 is 0 Å². The van der Waals surface area contributed by atoms with Crippen LogP contribution in [0.4, 0.5) is 8.78 Å². The molecule has 0 spiro atoms. The van der Waals surface area contributed by atoms with Gasteiger partial charge in [-0.1, -0.05) is 6.07 Å². The van der Waals surface area contributed by atoms with Crippen LogP contribution in [0.15, 0.2) is 18.2 Å². The molecule has 1 atom stereocenters. The van der Waals surface area contributed by atoms with E-state index in [4.69, 9.17) is 0 Å². The van der Waals surface area contributed by atoms with Crippen molar-refractivity contribution in [2.75, 3.05) is 13.1 Å². The molecule has 18 heavy (non-hydrogen) atoms. The Bertz CT molecular complexity index is 451. The molecule has 1 saturated heterocycles. The Kier molecular flexibility index (Phi) is 3.91. The maximum absolute atomic E-state index is 13.1. The molecular weight excluding hydrogens is 238 g/mol. The third kappa shape index (κ3) is 2.85. The first-order valence-corrected chi connectivity index (χ1v) is 6.04. The van der Waals surface area contributed by atoms with Gasteiger partial charge in [-0.15, -0.1) is 0 Å². The molecule has 98 valence electrons. The molecule has 0 aliphatic carbocycles. The lowest BCUT2D eigenvalue weighted by atomic mass is 10.2. The molecule has 1 aromatic rings. The standard InChI is InChI=1S/C13H16F2N2O/c1-9-13(18)17(6-2-5-16-9)8-10-3-4-11(14)12(15)7-10/h3-4,7,9,16H,2,5-6,8H2,1H3. The summed E-state index contributed by atoms with van der Waals surface area (Å²) < 4.78 is 25.9. The van der Waals surface area contributed by atoms with E-state index in [1.165, 1.54) is 6.07 Å². The largest absolute Gasteiger partial charge is 0.337 e. The molecule has 0 saturated carbocycles. The zero-order chi connectivity index (χ0) is 13.1. The lowest BCUT2D eigenvalue weighted by Crippen LogP contribution is -2.41. The monoisotopic (exact) mass is 254 g/mol. The van der Waals surface area contributed by atoms with Crippen LogP contribution in [0, 0.1) is 11.6 Å². The Morgan fingerprint density at radius 1 is 1.39 bits per heavy atom.